The van der Waals surface area contributed by atoms with Gasteiger partial charge in [-0.2, -0.15) is 15.0 Å². The maximum absolute atomic E-state index is 6.07. The fraction of sp³-hybridized carbons (Fsp3) is 0.800. The number of rotatable bonds is 5. The van der Waals surface area contributed by atoms with Crippen molar-refractivity contribution in [2.24, 2.45) is 5.92 Å². The van der Waals surface area contributed by atoms with Crippen LogP contribution in [0.15, 0.2) is 0 Å². The maximum Gasteiger partial charge on any atom is 0.231 e. The zero-order valence-corrected chi connectivity index (χ0v) is 14.0. The topological polar surface area (TPSA) is 53.9 Å². The number of anilines is 2. The van der Waals surface area contributed by atoms with E-state index in [-0.39, 0.29) is 5.28 Å². The van der Waals surface area contributed by atoms with Crippen LogP contribution in [-0.2, 0) is 0 Å². The van der Waals surface area contributed by atoms with E-state index in [0.29, 0.717) is 23.9 Å². The Labute approximate surface area is 132 Å². The maximum atomic E-state index is 6.07. The molecule has 2 unspecified atom stereocenters. The van der Waals surface area contributed by atoms with E-state index in [1.54, 1.807) is 0 Å². The first-order valence-corrected chi connectivity index (χ1v) is 8.44. The Kier molecular flexibility index (Phi) is 6.03. The molecule has 0 saturated heterocycles. The van der Waals surface area contributed by atoms with Gasteiger partial charge in [0, 0.05) is 19.1 Å². The number of hydrogen-bond donors (Lipinski definition) is 1. The summed E-state index contributed by atoms with van der Waals surface area (Å²) in [4.78, 5) is 15.1. The van der Waals surface area contributed by atoms with Gasteiger partial charge in [-0.05, 0) is 44.2 Å². The van der Waals surface area contributed by atoms with Gasteiger partial charge in [-0.25, -0.2) is 0 Å². The summed E-state index contributed by atoms with van der Waals surface area (Å²) in [5.41, 5.74) is 0. The minimum absolute atomic E-state index is 0.260. The molecule has 0 aliphatic heterocycles. The number of nitrogens with zero attached hydrogens (tertiary/aromatic N) is 4. The zero-order valence-electron chi connectivity index (χ0n) is 13.3. The quantitative estimate of drug-likeness (QED) is 0.839. The van der Waals surface area contributed by atoms with Crippen molar-refractivity contribution in [3.8, 4) is 0 Å². The van der Waals surface area contributed by atoms with Gasteiger partial charge in [-0.1, -0.05) is 26.2 Å². The third-order valence-electron chi connectivity index (χ3n) is 4.32. The SMILES string of the molecule is CCN(CC)c1nc(Cl)nc(NC2CCCCCC2C)n1. The van der Waals surface area contributed by atoms with E-state index >= 15 is 0 Å². The Morgan fingerprint density at radius 2 is 1.81 bits per heavy atom. The first-order valence-electron chi connectivity index (χ1n) is 8.07. The van der Waals surface area contributed by atoms with Crippen molar-refractivity contribution >= 4 is 23.5 Å². The van der Waals surface area contributed by atoms with Gasteiger partial charge in [0.25, 0.3) is 0 Å². The minimum atomic E-state index is 0.260. The highest BCUT2D eigenvalue weighted by Gasteiger charge is 2.21. The van der Waals surface area contributed by atoms with Crippen LogP contribution in [0, 0.1) is 5.92 Å². The van der Waals surface area contributed by atoms with Gasteiger partial charge in [0.2, 0.25) is 17.2 Å². The predicted octanol–water partition coefficient (Wildman–Crippen LogP) is 3.75. The first kappa shape index (κ1) is 16.3. The lowest BCUT2D eigenvalue weighted by Crippen LogP contribution is -2.29. The standard InChI is InChI=1S/C15H26ClN5/c1-4-21(5-2)15-19-13(16)18-14(20-15)17-12-10-8-6-7-9-11(12)3/h11-12H,4-10H2,1-3H3,(H,17,18,19,20). The summed E-state index contributed by atoms with van der Waals surface area (Å²) in [5, 5.41) is 3.74. The third-order valence-corrected chi connectivity index (χ3v) is 4.49. The molecular formula is C15H26ClN5. The van der Waals surface area contributed by atoms with Crippen molar-refractivity contribution in [1.29, 1.82) is 0 Å². The third kappa shape index (κ3) is 4.43. The Morgan fingerprint density at radius 1 is 1.10 bits per heavy atom. The first-order chi connectivity index (χ1) is 10.1. The molecule has 0 radical (unpaired) electrons. The molecule has 1 aliphatic carbocycles. The van der Waals surface area contributed by atoms with Gasteiger partial charge in [-0.15, -0.1) is 0 Å². The highest BCUT2D eigenvalue weighted by molar-refractivity contribution is 6.28. The lowest BCUT2D eigenvalue weighted by molar-refractivity contribution is 0.454. The summed E-state index contributed by atoms with van der Waals surface area (Å²) in [5.74, 6) is 1.90. The van der Waals surface area contributed by atoms with E-state index in [2.05, 4.69) is 45.9 Å². The molecule has 2 atom stereocenters. The van der Waals surface area contributed by atoms with Crippen LogP contribution in [0.4, 0.5) is 11.9 Å². The molecule has 5 nitrogen and oxygen atoms in total. The molecule has 21 heavy (non-hydrogen) atoms. The van der Waals surface area contributed by atoms with E-state index in [1.807, 2.05) is 0 Å². The van der Waals surface area contributed by atoms with Gasteiger partial charge in [0.15, 0.2) is 0 Å². The number of aromatic nitrogens is 3. The summed E-state index contributed by atoms with van der Waals surface area (Å²) in [6.45, 7) is 8.19. The highest BCUT2D eigenvalue weighted by atomic mass is 35.5. The van der Waals surface area contributed by atoms with Gasteiger partial charge in [0.05, 0.1) is 0 Å². The molecule has 1 aliphatic rings. The summed E-state index contributed by atoms with van der Waals surface area (Å²) in [6.07, 6.45) is 6.35. The molecule has 118 valence electrons. The fourth-order valence-corrected chi connectivity index (χ4v) is 3.08. The summed E-state index contributed by atoms with van der Waals surface area (Å²) < 4.78 is 0. The van der Waals surface area contributed by atoms with Gasteiger partial charge in [-0.3, -0.25) is 0 Å². The molecule has 1 aromatic heterocycles. The zero-order chi connectivity index (χ0) is 15.2. The Balaban J connectivity index is 2.15. The summed E-state index contributed by atoms with van der Waals surface area (Å²) in [6, 6.07) is 0.426. The lowest BCUT2D eigenvalue weighted by Gasteiger charge is -2.24. The van der Waals surface area contributed by atoms with Crippen molar-refractivity contribution in [2.45, 2.75) is 58.9 Å². The second-order valence-corrected chi connectivity index (χ2v) is 6.10. The van der Waals surface area contributed by atoms with Crippen LogP contribution in [0.5, 0.6) is 0 Å². The molecule has 1 N–H and O–H groups in total. The van der Waals surface area contributed by atoms with Crippen LogP contribution in [0.2, 0.25) is 5.28 Å². The molecule has 2 rings (SSSR count). The fourth-order valence-electron chi connectivity index (χ4n) is 2.93. The van der Waals surface area contributed by atoms with E-state index in [9.17, 15) is 0 Å². The molecule has 1 heterocycles. The molecule has 0 bridgehead atoms. The largest absolute Gasteiger partial charge is 0.351 e. The van der Waals surface area contributed by atoms with Crippen LogP contribution < -0.4 is 10.2 Å². The number of halogens is 1. The number of hydrogen-bond acceptors (Lipinski definition) is 5. The summed E-state index contributed by atoms with van der Waals surface area (Å²) in [7, 11) is 0. The van der Waals surface area contributed by atoms with E-state index in [0.717, 1.165) is 13.1 Å². The number of nitrogens with one attached hydrogen (secondary N) is 1. The normalized spacial score (nSPS) is 22.7. The molecule has 6 heteroatoms. The molecule has 1 saturated carbocycles. The van der Waals surface area contributed by atoms with Crippen molar-refractivity contribution in [1.82, 2.24) is 15.0 Å². The van der Waals surface area contributed by atoms with Crippen LogP contribution in [0.1, 0.15) is 52.9 Å². The van der Waals surface area contributed by atoms with Gasteiger partial charge in [0.1, 0.15) is 0 Å². The molecular weight excluding hydrogens is 286 g/mol. The smallest absolute Gasteiger partial charge is 0.231 e. The Morgan fingerprint density at radius 3 is 2.52 bits per heavy atom. The lowest BCUT2D eigenvalue weighted by atomic mass is 9.97. The van der Waals surface area contributed by atoms with Crippen molar-refractivity contribution in [3.05, 3.63) is 5.28 Å². The van der Waals surface area contributed by atoms with Gasteiger partial charge >= 0.3 is 0 Å². The highest BCUT2D eigenvalue weighted by Crippen LogP contribution is 2.25. The Hall–Kier alpha value is -1.10. The molecule has 1 fully saturated rings. The molecule has 1 aromatic rings. The van der Waals surface area contributed by atoms with E-state index in [1.165, 1.54) is 32.1 Å². The van der Waals surface area contributed by atoms with Gasteiger partial charge < -0.3 is 10.2 Å². The van der Waals surface area contributed by atoms with Crippen LogP contribution >= 0.6 is 11.6 Å². The van der Waals surface area contributed by atoms with E-state index < -0.39 is 0 Å². The second kappa shape index (κ2) is 7.78. The minimum Gasteiger partial charge on any atom is -0.351 e. The predicted molar refractivity (Wildman–Crippen MR) is 88.1 cm³/mol. The summed E-state index contributed by atoms with van der Waals surface area (Å²) >= 11 is 6.07. The van der Waals surface area contributed by atoms with Crippen LogP contribution in [0.3, 0.4) is 0 Å². The van der Waals surface area contributed by atoms with Crippen molar-refractivity contribution < 1.29 is 0 Å². The monoisotopic (exact) mass is 311 g/mol. The average molecular weight is 312 g/mol. The van der Waals surface area contributed by atoms with Crippen molar-refractivity contribution in [2.75, 3.05) is 23.3 Å². The average Bonchev–Trinajstić information content (AvgIpc) is 2.65. The molecule has 0 spiro atoms. The molecule has 0 amide bonds. The molecule has 0 aromatic carbocycles. The van der Waals surface area contributed by atoms with Crippen molar-refractivity contribution in [3.63, 3.8) is 0 Å². The Bertz CT molecular complexity index is 450. The second-order valence-electron chi connectivity index (χ2n) is 5.77. The van der Waals surface area contributed by atoms with Crippen LogP contribution in [-0.4, -0.2) is 34.1 Å². The van der Waals surface area contributed by atoms with E-state index in [4.69, 9.17) is 11.6 Å². The van der Waals surface area contributed by atoms with Crippen LogP contribution in [0.25, 0.3) is 0 Å².